The Bertz CT molecular complexity index is 2030. The third kappa shape index (κ3) is 5.96. The molecule has 10 heteroatoms. The Morgan fingerprint density at radius 1 is 0.769 bits per heavy atom. The molecule has 7 fully saturated rings. The predicted octanol–water partition coefficient (Wildman–Crippen LogP) is 10.4. The lowest BCUT2D eigenvalue weighted by Crippen LogP contribution is -2.73. The Labute approximate surface area is 311 Å². The molecule has 2 saturated heterocycles. The van der Waals surface area contributed by atoms with Gasteiger partial charge < -0.3 is 13.7 Å². The average Bonchev–Trinajstić information content (AvgIpc) is 4.01. The maximum Gasteiger partial charge on any atom is 0.587 e. The van der Waals surface area contributed by atoms with Gasteiger partial charge in [-0.1, -0.05) is 129 Å². The van der Waals surface area contributed by atoms with E-state index >= 15 is 0 Å². The summed E-state index contributed by atoms with van der Waals surface area (Å²) in [5.74, 6) is 0.829. The number of hydrogen-bond donors (Lipinski definition) is 0. The van der Waals surface area contributed by atoms with Gasteiger partial charge in [0, 0.05) is 10.4 Å². The van der Waals surface area contributed by atoms with Crippen LogP contribution in [0, 0.1) is 35.0 Å². The molecule has 0 spiro atoms. The quantitative estimate of drug-likeness (QED) is 0.195. The zero-order valence-corrected chi connectivity index (χ0v) is 31.7. The maximum atomic E-state index is 12.5. The highest BCUT2D eigenvalue weighted by atomic mass is 79.9. The Hall–Kier alpha value is -3.37. The Morgan fingerprint density at radius 3 is 1.85 bits per heavy atom. The molecule has 2 bridgehead atoms. The van der Waals surface area contributed by atoms with Crippen molar-refractivity contribution in [1.82, 2.24) is 0 Å². The lowest BCUT2D eigenvalue weighted by molar-refractivity contribution is -0.852. The van der Waals surface area contributed by atoms with Crippen LogP contribution in [0.3, 0.4) is 0 Å². The van der Waals surface area contributed by atoms with Crippen LogP contribution in [0.15, 0.2) is 89.4 Å². The highest BCUT2D eigenvalue weighted by Gasteiger charge is 2.78. The minimum atomic E-state index is -4.05. The number of hydrogen-bond acceptors (Lipinski definition) is 4. The van der Waals surface area contributed by atoms with Crippen LogP contribution in [0.5, 0.6) is 0 Å². The van der Waals surface area contributed by atoms with Gasteiger partial charge in [-0.2, -0.15) is 13.2 Å². The largest absolute Gasteiger partial charge is 0.600 e. The van der Waals surface area contributed by atoms with E-state index in [0.717, 1.165) is 33.7 Å². The molecule has 4 aromatic rings. The number of carbonyl (C=O) groups is 2. The number of carbonyl (C=O) groups excluding carboxylic acids is 2. The monoisotopic (exact) mass is 775 g/mol. The Kier molecular flexibility index (Phi) is 8.65. The molecule has 7 aliphatic rings. The van der Waals surface area contributed by atoms with Crippen molar-refractivity contribution >= 4 is 56.1 Å². The highest BCUT2D eigenvalue weighted by Crippen LogP contribution is 2.66. The van der Waals surface area contributed by atoms with Crippen molar-refractivity contribution in [2.45, 2.75) is 77.3 Å². The molecule has 5 unspecified atom stereocenters. The van der Waals surface area contributed by atoms with Crippen molar-refractivity contribution in [2.75, 3.05) is 13.1 Å². The molecule has 2 aliphatic heterocycles. The van der Waals surface area contributed by atoms with Crippen molar-refractivity contribution < 1.29 is 36.5 Å². The first-order valence-electron chi connectivity index (χ1n) is 18.8. The fraction of sp³-hybridized carbons (Fsp3) is 0.476. The number of alkyl halides is 3. The minimum absolute atomic E-state index is 0.160. The van der Waals surface area contributed by atoms with Crippen LogP contribution in [0.25, 0.3) is 21.5 Å². The van der Waals surface area contributed by atoms with Gasteiger partial charge in [-0.3, -0.25) is 9.59 Å². The summed E-state index contributed by atoms with van der Waals surface area (Å²) in [5.41, 5.74) is 1.21. The van der Waals surface area contributed by atoms with Crippen LogP contribution in [0.2, 0.25) is 5.82 Å². The Balaban J connectivity index is 0.000000120. The SMILES string of the molecule is Brc1ccc2ccccc2c1.CC1CC1[B-]12OC(=O)C[N+]1([C@H]1CC3C[C@@H]([C@@H]1C)C3(C)C)CC(=O)O2.FC(F)(F)C1CC1c1ccc2ccccc2c1. The van der Waals surface area contributed by atoms with Gasteiger partial charge in [0.05, 0.1) is 12.0 Å². The van der Waals surface area contributed by atoms with Crippen molar-refractivity contribution in [3.8, 4) is 0 Å². The second-order valence-electron chi connectivity index (χ2n) is 17.1. The van der Waals surface area contributed by atoms with Gasteiger partial charge in [0.1, 0.15) is 13.1 Å². The summed E-state index contributed by atoms with van der Waals surface area (Å²) in [6, 6.07) is 28.3. The molecule has 11 rings (SSSR count). The van der Waals surface area contributed by atoms with Crippen LogP contribution in [0.4, 0.5) is 13.2 Å². The number of rotatable bonds is 3. The molecule has 5 nitrogen and oxygen atoms in total. The van der Waals surface area contributed by atoms with Gasteiger partial charge in [0.25, 0.3) is 0 Å². The van der Waals surface area contributed by atoms with Gasteiger partial charge in [0.15, 0.2) is 0 Å². The van der Waals surface area contributed by atoms with Crippen LogP contribution in [0.1, 0.15) is 64.9 Å². The van der Waals surface area contributed by atoms with E-state index in [1.165, 1.54) is 17.2 Å². The number of nitrogens with zero attached hydrogens (tertiary/aromatic N) is 1. The highest BCUT2D eigenvalue weighted by molar-refractivity contribution is 9.10. The average molecular weight is 777 g/mol. The second kappa shape index (κ2) is 12.6. The molecule has 274 valence electrons. The summed E-state index contributed by atoms with van der Waals surface area (Å²) in [6.45, 7) is 8.12. The van der Waals surface area contributed by atoms with Crippen molar-refractivity contribution in [3.05, 3.63) is 95.0 Å². The fourth-order valence-corrected chi connectivity index (χ4v) is 11.2. The number of fused-ring (bicyclic) bond motifs is 6. The van der Waals surface area contributed by atoms with E-state index in [0.29, 0.717) is 52.6 Å². The summed E-state index contributed by atoms with van der Waals surface area (Å²) in [5, 5.41) is 4.65. The van der Waals surface area contributed by atoms with Crippen LogP contribution < -0.4 is 0 Å². The first-order valence-corrected chi connectivity index (χ1v) is 19.6. The molecule has 52 heavy (non-hydrogen) atoms. The van der Waals surface area contributed by atoms with Gasteiger partial charge in [0.2, 0.25) is 0 Å². The van der Waals surface area contributed by atoms with Crippen LogP contribution in [-0.4, -0.2) is 48.3 Å². The lowest BCUT2D eigenvalue weighted by Gasteiger charge is -2.66. The summed E-state index contributed by atoms with van der Waals surface area (Å²) >= 11 is 3.43. The smallest absolute Gasteiger partial charge is 0.587 e. The molecule has 8 atom stereocenters. The van der Waals surface area contributed by atoms with E-state index in [1.54, 1.807) is 0 Å². The van der Waals surface area contributed by atoms with Gasteiger partial charge in [-0.05, 0) is 87.5 Å². The molecular formula is C42H46BBrF3NO4. The van der Waals surface area contributed by atoms with E-state index in [2.05, 4.69) is 86.1 Å². The fourth-order valence-electron chi connectivity index (χ4n) is 10.8. The van der Waals surface area contributed by atoms with Gasteiger partial charge >= 0.3 is 24.8 Å². The van der Waals surface area contributed by atoms with Crippen LogP contribution >= 0.6 is 15.9 Å². The van der Waals surface area contributed by atoms with E-state index in [9.17, 15) is 22.8 Å². The molecule has 5 aliphatic carbocycles. The van der Waals surface area contributed by atoms with Crippen LogP contribution in [-0.2, 0) is 18.9 Å². The summed E-state index contributed by atoms with van der Waals surface area (Å²) in [7, 11) is 0. The first-order chi connectivity index (χ1) is 24.6. The second-order valence-corrected chi connectivity index (χ2v) is 18.0. The Morgan fingerprint density at radius 2 is 1.33 bits per heavy atom. The maximum absolute atomic E-state index is 12.5. The number of benzene rings is 4. The summed E-state index contributed by atoms with van der Waals surface area (Å²) in [4.78, 5) is 24.7. The van der Waals surface area contributed by atoms with Gasteiger partial charge in [-0.25, -0.2) is 0 Å². The molecular weight excluding hydrogens is 730 g/mol. The molecule has 0 amide bonds. The molecule has 0 radical (unpaired) electrons. The van der Waals surface area contributed by atoms with E-state index in [-0.39, 0.29) is 30.1 Å². The number of halogens is 4. The molecule has 4 aromatic carbocycles. The molecule has 0 N–H and O–H groups in total. The van der Waals surface area contributed by atoms with Crippen molar-refractivity contribution in [1.29, 1.82) is 0 Å². The van der Waals surface area contributed by atoms with E-state index < -0.39 is 18.8 Å². The normalized spacial score (nSPS) is 36.3. The summed E-state index contributed by atoms with van der Waals surface area (Å²) in [6.07, 6.45) is -0.394. The molecule has 5 saturated carbocycles. The zero-order chi connectivity index (χ0) is 36.8. The standard InChI is InChI=1S/C18H28BNO4.C14H11F3.C10H7Br/c1-10-5-14(10)19-20(8-16(21)23-19,9-17(22)24-19)15-7-12-6-13(11(15)2)18(12,3)4;15-14(16,17)13-8-12(13)11-6-5-9-3-1-2-4-10(9)7-11;11-10-6-5-8-3-1-2-4-9(8)7-10/h10-15H,5-9H2,1-4H3;1-7,12-13H,8H2;1-7H/t10?,11-,12?,13-,14?,15-,19?,20?;;/m0../s1. The third-order valence-corrected chi connectivity index (χ3v) is 14.5. The molecule has 2 heterocycles. The van der Waals surface area contributed by atoms with Crippen molar-refractivity contribution in [2.24, 2.45) is 35.0 Å². The topological polar surface area (TPSA) is 52.6 Å². The van der Waals surface area contributed by atoms with Gasteiger partial charge in [-0.15, -0.1) is 0 Å². The third-order valence-electron chi connectivity index (χ3n) is 14.0. The van der Waals surface area contributed by atoms with Crippen molar-refractivity contribution in [3.63, 3.8) is 0 Å². The molecule has 0 aromatic heterocycles. The summed E-state index contributed by atoms with van der Waals surface area (Å²) < 4.78 is 50.9. The lowest BCUT2D eigenvalue weighted by atomic mass is 9.43. The van der Waals surface area contributed by atoms with E-state index in [4.69, 9.17) is 9.31 Å². The first kappa shape index (κ1) is 35.7. The predicted molar refractivity (Wildman–Crippen MR) is 201 cm³/mol. The number of quaternary nitrogens is 1. The van der Waals surface area contributed by atoms with E-state index in [1.807, 2.05) is 42.5 Å². The minimum Gasteiger partial charge on any atom is -0.600 e. The zero-order valence-electron chi connectivity index (χ0n) is 30.1.